The van der Waals surface area contributed by atoms with Gasteiger partial charge in [0.1, 0.15) is 25.4 Å². The average molecular weight is 785 g/mol. The zero-order chi connectivity index (χ0) is 39.1. The average Bonchev–Trinajstić information content (AvgIpc) is 3.50. The quantitative estimate of drug-likeness (QED) is 0.0964. The summed E-state index contributed by atoms with van der Waals surface area (Å²) in [7, 11) is -3.92. The summed E-state index contributed by atoms with van der Waals surface area (Å²) in [6.07, 6.45) is 14.7. The summed E-state index contributed by atoms with van der Waals surface area (Å²) in [6, 6.07) is 19.4. The lowest BCUT2D eigenvalue weighted by atomic mass is 9.94. The summed E-state index contributed by atoms with van der Waals surface area (Å²) < 4.78 is 72.9. The molecule has 308 valence electrons. The SMILES string of the molecule is CCCCCCCCCCCCCCC1OC(C)(C)O[C@H]1[C@@H](C)CCS(=O)(=O)[C@@H]1OC2COC(C)O[C@@H]2C(OCc2ccccc2)=C1OCc1ccccc1. The lowest BCUT2D eigenvalue weighted by molar-refractivity contribution is -0.263. The zero-order valence-electron chi connectivity index (χ0n) is 34.1. The molecule has 2 aromatic rings. The van der Waals surface area contributed by atoms with Gasteiger partial charge in [-0.25, -0.2) is 8.42 Å². The van der Waals surface area contributed by atoms with E-state index in [1.165, 1.54) is 70.6 Å². The highest BCUT2D eigenvalue weighted by molar-refractivity contribution is 7.92. The van der Waals surface area contributed by atoms with Gasteiger partial charge in [-0.1, -0.05) is 152 Å². The highest BCUT2D eigenvalue weighted by atomic mass is 32.2. The van der Waals surface area contributed by atoms with Crippen LogP contribution in [-0.2, 0) is 56.2 Å². The molecule has 3 aliphatic heterocycles. The Labute approximate surface area is 331 Å². The van der Waals surface area contributed by atoms with E-state index in [4.69, 9.17) is 33.2 Å². The summed E-state index contributed by atoms with van der Waals surface area (Å²) in [4.78, 5) is 0. The van der Waals surface area contributed by atoms with Gasteiger partial charge in [0.05, 0.1) is 24.6 Å². The second-order valence-electron chi connectivity index (χ2n) is 16.2. The maximum absolute atomic E-state index is 14.4. The van der Waals surface area contributed by atoms with E-state index in [0.717, 1.165) is 24.0 Å². The molecule has 2 saturated heterocycles. The number of hydrogen-bond donors (Lipinski definition) is 0. The molecular weight excluding hydrogens is 717 g/mol. The molecule has 0 amide bonds. The molecular formula is C45H68O9S. The van der Waals surface area contributed by atoms with E-state index >= 15 is 0 Å². The van der Waals surface area contributed by atoms with Crippen molar-refractivity contribution in [2.75, 3.05) is 12.4 Å². The first-order valence-electron chi connectivity index (χ1n) is 21.1. The lowest BCUT2D eigenvalue weighted by Gasteiger charge is -2.42. The van der Waals surface area contributed by atoms with Crippen molar-refractivity contribution in [2.45, 2.75) is 180 Å². The number of hydrogen-bond acceptors (Lipinski definition) is 9. The first-order valence-corrected chi connectivity index (χ1v) is 22.8. The molecule has 9 nitrogen and oxygen atoms in total. The van der Waals surface area contributed by atoms with Crippen LogP contribution in [0.25, 0.3) is 0 Å². The van der Waals surface area contributed by atoms with E-state index in [2.05, 4.69) is 13.8 Å². The number of unbranched alkanes of at least 4 members (excludes halogenated alkanes) is 11. The van der Waals surface area contributed by atoms with Crippen molar-refractivity contribution in [3.8, 4) is 0 Å². The van der Waals surface area contributed by atoms with Crippen LogP contribution >= 0.6 is 0 Å². The van der Waals surface area contributed by atoms with Gasteiger partial charge in [-0.15, -0.1) is 0 Å². The fourth-order valence-corrected chi connectivity index (χ4v) is 9.59. The number of ether oxygens (including phenoxy) is 7. The van der Waals surface area contributed by atoms with Gasteiger partial charge in [0.25, 0.3) is 0 Å². The summed E-state index contributed by atoms with van der Waals surface area (Å²) in [6.45, 7) is 10.6. The third kappa shape index (κ3) is 13.6. The highest BCUT2D eigenvalue weighted by Gasteiger charge is 2.50. The first kappa shape index (κ1) is 43.6. The molecule has 7 atom stereocenters. The van der Waals surface area contributed by atoms with Gasteiger partial charge in [0.2, 0.25) is 5.44 Å². The maximum atomic E-state index is 14.4. The topological polar surface area (TPSA) is 98.8 Å². The second-order valence-corrected chi connectivity index (χ2v) is 18.4. The first-order chi connectivity index (χ1) is 26.6. The van der Waals surface area contributed by atoms with Crippen molar-refractivity contribution < 1.29 is 41.6 Å². The van der Waals surface area contributed by atoms with Crippen molar-refractivity contribution in [2.24, 2.45) is 5.92 Å². The Morgan fingerprint density at radius 3 is 1.87 bits per heavy atom. The standard InChI is InChI=1S/C45H68O9S/c1-6-7-8-9-10-11-12-13-14-15-16-23-28-38-40(54-45(4,5)53-38)34(2)29-30-55(46,47)44-43(50-32-37-26-21-18-22-27-37)42(49-31-36-24-19-17-20-25-36)41-39(52-44)33-48-35(3)51-41/h17-22,24-27,34-35,38-41,44H,6-16,23,28-33H2,1-5H3/t34-,35?,38?,39?,40-,41-,44-/m0/s1. The minimum absolute atomic E-state index is 0.0659. The van der Waals surface area contributed by atoms with E-state index in [1.807, 2.05) is 74.5 Å². The Balaban J connectivity index is 1.22. The van der Waals surface area contributed by atoms with Crippen LogP contribution in [0.4, 0.5) is 0 Å². The summed E-state index contributed by atoms with van der Waals surface area (Å²) in [5, 5.41) is 0. The van der Waals surface area contributed by atoms with E-state index in [-0.39, 0.29) is 49.5 Å². The van der Waals surface area contributed by atoms with Crippen molar-refractivity contribution >= 4 is 9.84 Å². The molecule has 2 fully saturated rings. The van der Waals surface area contributed by atoms with Crippen LogP contribution in [0.15, 0.2) is 72.2 Å². The number of sulfone groups is 1. The lowest BCUT2D eigenvalue weighted by Crippen LogP contribution is -2.53. The van der Waals surface area contributed by atoms with Crippen LogP contribution < -0.4 is 0 Å². The Hall–Kier alpha value is -2.47. The van der Waals surface area contributed by atoms with Crippen LogP contribution in [-0.4, -0.2) is 62.7 Å². The molecule has 5 rings (SSSR count). The molecule has 3 aliphatic rings. The molecule has 0 N–H and O–H groups in total. The number of fused-ring (bicyclic) bond motifs is 1. The van der Waals surface area contributed by atoms with Gasteiger partial charge >= 0.3 is 0 Å². The van der Waals surface area contributed by atoms with Crippen molar-refractivity contribution in [3.63, 3.8) is 0 Å². The largest absolute Gasteiger partial charge is 0.487 e. The Kier molecular flexibility index (Phi) is 17.4. The van der Waals surface area contributed by atoms with E-state index < -0.39 is 39.6 Å². The highest BCUT2D eigenvalue weighted by Crippen LogP contribution is 2.39. The molecule has 0 aromatic heterocycles. The Morgan fingerprint density at radius 1 is 0.745 bits per heavy atom. The van der Waals surface area contributed by atoms with Gasteiger partial charge in [0.15, 0.2) is 33.4 Å². The molecule has 2 aromatic carbocycles. The zero-order valence-corrected chi connectivity index (χ0v) is 34.9. The fourth-order valence-electron chi connectivity index (χ4n) is 7.86. The molecule has 3 unspecified atom stereocenters. The van der Waals surface area contributed by atoms with Crippen molar-refractivity contribution in [1.82, 2.24) is 0 Å². The summed E-state index contributed by atoms with van der Waals surface area (Å²) >= 11 is 0. The monoisotopic (exact) mass is 784 g/mol. The Bertz CT molecular complexity index is 1530. The molecule has 55 heavy (non-hydrogen) atoms. The van der Waals surface area contributed by atoms with Gasteiger partial charge < -0.3 is 33.2 Å². The number of rotatable bonds is 24. The summed E-state index contributed by atoms with van der Waals surface area (Å²) in [5.41, 5.74) is 0.449. The minimum Gasteiger partial charge on any atom is -0.487 e. The summed E-state index contributed by atoms with van der Waals surface area (Å²) in [5.74, 6) is -0.433. The predicted octanol–water partition coefficient (Wildman–Crippen LogP) is 10.2. The van der Waals surface area contributed by atoms with Crippen LogP contribution in [0.5, 0.6) is 0 Å². The second kappa shape index (κ2) is 21.9. The van der Waals surface area contributed by atoms with Crippen LogP contribution in [0.2, 0.25) is 0 Å². The molecule has 0 bridgehead atoms. The Morgan fingerprint density at radius 2 is 1.29 bits per heavy atom. The minimum atomic E-state index is -3.92. The van der Waals surface area contributed by atoms with Crippen LogP contribution in [0.1, 0.15) is 136 Å². The smallest absolute Gasteiger partial charge is 0.219 e. The van der Waals surface area contributed by atoms with Crippen molar-refractivity contribution in [1.29, 1.82) is 0 Å². The van der Waals surface area contributed by atoms with Crippen LogP contribution in [0.3, 0.4) is 0 Å². The third-order valence-corrected chi connectivity index (χ3v) is 12.7. The number of benzene rings is 2. The molecule has 10 heteroatoms. The molecule has 0 aliphatic carbocycles. The molecule has 3 heterocycles. The normalized spacial score (nSPS) is 25.8. The van der Waals surface area contributed by atoms with Gasteiger partial charge in [0, 0.05) is 0 Å². The molecule has 0 radical (unpaired) electrons. The van der Waals surface area contributed by atoms with E-state index in [0.29, 0.717) is 12.2 Å². The third-order valence-electron chi connectivity index (χ3n) is 11.0. The fraction of sp³-hybridized carbons (Fsp3) is 0.689. The van der Waals surface area contributed by atoms with Gasteiger partial charge in [-0.05, 0) is 50.7 Å². The van der Waals surface area contributed by atoms with Crippen LogP contribution in [0, 0.1) is 5.92 Å². The van der Waals surface area contributed by atoms with Crippen molar-refractivity contribution in [3.05, 3.63) is 83.3 Å². The van der Waals surface area contributed by atoms with Gasteiger partial charge in [-0.3, -0.25) is 0 Å². The van der Waals surface area contributed by atoms with E-state index in [1.54, 1.807) is 6.92 Å². The molecule has 0 spiro atoms. The van der Waals surface area contributed by atoms with Gasteiger partial charge in [-0.2, -0.15) is 0 Å². The maximum Gasteiger partial charge on any atom is 0.219 e. The molecule has 0 saturated carbocycles. The van der Waals surface area contributed by atoms with E-state index in [9.17, 15) is 8.42 Å². The predicted molar refractivity (Wildman–Crippen MR) is 216 cm³/mol.